The fraction of sp³-hybridized carbons (Fsp3) is 0.100. The van der Waals surface area contributed by atoms with Crippen LogP contribution in [0.1, 0.15) is 15.9 Å². The number of hydrogen-bond donors (Lipinski definition) is 1. The van der Waals surface area contributed by atoms with E-state index in [0.717, 1.165) is 26.4 Å². The minimum Gasteiger partial charge on any atom is -0.392 e. The van der Waals surface area contributed by atoms with Crippen LogP contribution in [0, 0.1) is 0 Å². The Morgan fingerprint density at radius 1 is 1.50 bits per heavy atom. The van der Waals surface area contributed by atoms with Crippen molar-refractivity contribution >= 4 is 43.6 Å². The maximum absolute atomic E-state index is 10.7. The Hall–Kier alpha value is -0.710. The molecule has 0 amide bonds. The zero-order valence-electron chi connectivity index (χ0n) is 7.16. The summed E-state index contributed by atoms with van der Waals surface area (Å²) in [7, 11) is 0. The van der Waals surface area contributed by atoms with Crippen LogP contribution in [0.2, 0.25) is 0 Å². The van der Waals surface area contributed by atoms with Crippen LogP contribution in [-0.4, -0.2) is 11.4 Å². The van der Waals surface area contributed by atoms with Gasteiger partial charge in [-0.1, -0.05) is 15.9 Å². The van der Waals surface area contributed by atoms with Crippen molar-refractivity contribution in [2.24, 2.45) is 0 Å². The summed E-state index contributed by atoms with van der Waals surface area (Å²) in [5.41, 5.74) is 1.55. The molecule has 0 aliphatic heterocycles. The Balaban J connectivity index is 2.78. The molecule has 0 aliphatic carbocycles. The Kier molecular flexibility index (Phi) is 2.67. The van der Waals surface area contributed by atoms with E-state index in [-0.39, 0.29) is 6.61 Å². The van der Waals surface area contributed by atoms with Gasteiger partial charge in [-0.2, -0.15) is 0 Å². The molecule has 0 atom stereocenters. The van der Waals surface area contributed by atoms with Crippen LogP contribution < -0.4 is 0 Å². The van der Waals surface area contributed by atoms with E-state index in [1.54, 1.807) is 0 Å². The van der Waals surface area contributed by atoms with Crippen molar-refractivity contribution in [1.29, 1.82) is 0 Å². The van der Waals surface area contributed by atoms with Gasteiger partial charge in [0, 0.05) is 25.5 Å². The summed E-state index contributed by atoms with van der Waals surface area (Å²) in [6, 6.07) is 3.74. The predicted molar refractivity (Wildman–Crippen MR) is 60.8 cm³/mol. The summed E-state index contributed by atoms with van der Waals surface area (Å²) in [5, 5.41) is 11.8. The molecule has 1 aromatic heterocycles. The van der Waals surface area contributed by atoms with Crippen LogP contribution in [0.25, 0.3) is 10.1 Å². The highest BCUT2D eigenvalue weighted by Gasteiger charge is 2.08. The molecule has 0 saturated heterocycles. The highest BCUT2D eigenvalue weighted by atomic mass is 79.9. The summed E-state index contributed by atoms with van der Waals surface area (Å²) in [5.74, 6) is 0. The van der Waals surface area contributed by atoms with Crippen molar-refractivity contribution in [2.45, 2.75) is 6.61 Å². The molecule has 0 bridgehead atoms. The van der Waals surface area contributed by atoms with Gasteiger partial charge >= 0.3 is 0 Å². The molecule has 0 radical (unpaired) electrons. The Labute approximate surface area is 93.3 Å². The molecular weight excluding hydrogens is 264 g/mol. The third-order valence-corrected chi connectivity index (χ3v) is 3.60. The molecule has 2 nitrogen and oxygen atoms in total. The molecule has 72 valence electrons. The standard InChI is InChI=1S/C10H7BrO2S/c11-8-1-6(3-12)2-9-10(8)7(4-13)5-14-9/h1-2,4-5,12H,3H2. The van der Waals surface area contributed by atoms with Crippen molar-refractivity contribution in [3.63, 3.8) is 0 Å². The van der Waals surface area contributed by atoms with Crippen LogP contribution in [0.5, 0.6) is 0 Å². The molecule has 1 aromatic carbocycles. The second-order valence-electron chi connectivity index (χ2n) is 2.92. The summed E-state index contributed by atoms with van der Waals surface area (Å²) >= 11 is 4.91. The lowest BCUT2D eigenvalue weighted by Crippen LogP contribution is -1.84. The zero-order valence-corrected chi connectivity index (χ0v) is 9.56. The molecule has 2 rings (SSSR count). The van der Waals surface area contributed by atoms with E-state index in [4.69, 9.17) is 5.11 Å². The van der Waals surface area contributed by atoms with E-state index >= 15 is 0 Å². The van der Waals surface area contributed by atoms with E-state index < -0.39 is 0 Å². The molecule has 0 aliphatic rings. The topological polar surface area (TPSA) is 37.3 Å². The monoisotopic (exact) mass is 270 g/mol. The van der Waals surface area contributed by atoms with Crippen LogP contribution in [0.3, 0.4) is 0 Å². The highest BCUT2D eigenvalue weighted by Crippen LogP contribution is 2.32. The smallest absolute Gasteiger partial charge is 0.151 e. The number of aldehydes is 1. The average Bonchev–Trinajstić information content (AvgIpc) is 2.61. The third kappa shape index (κ3) is 1.49. The lowest BCUT2D eigenvalue weighted by atomic mass is 10.1. The van der Waals surface area contributed by atoms with E-state index in [9.17, 15) is 4.79 Å². The maximum atomic E-state index is 10.7. The van der Waals surface area contributed by atoms with Gasteiger partial charge in [-0.15, -0.1) is 11.3 Å². The molecule has 0 unspecified atom stereocenters. The number of fused-ring (bicyclic) bond motifs is 1. The fourth-order valence-electron chi connectivity index (χ4n) is 1.37. The van der Waals surface area contributed by atoms with Crippen molar-refractivity contribution in [1.82, 2.24) is 0 Å². The quantitative estimate of drug-likeness (QED) is 0.852. The van der Waals surface area contributed by atoms with Crippen molar-refractivity contribution in [3.8, 4) is 0 Å². The van der Waals surface area contributed by atoms with Gasteiger partial charge in [0.2, 0.25) is 0 Å². The first-order chi connectivity index (χ1) is 6.76. The molecule has 0 fully saturated rings. The molecule has 0 spiro atoms. The van der Waals surface area contributed by atoms with E-state index in [1.165, 1.54) is 11.3 Å². The first kappa shape index (κ1) is 9.83. The minimum atomic E-state index is 0.0167. The lowest BCUT2D eigenvalue weighted by molar-refractivity contribution is 0.112. The molecule has 1 N–H and O–H groups in total. The molecule has 14 heavy (non-hydrogen) atoms. The van der Waals surface area contributed by atoms with E-state index in [2.05, 4.69) is 15.9 Å². The Morgan fingerprint density at radius 2 is 2.29 bits per heavy atom. The zero-order chi connectivity index (χ0) is 10.1. The maximum Gasteiger partial charge on any atom is 0.151 e. The number of aliphatic hydroxyl groups excluding tert-OH is 1. The van der Waals surface area contributed by atoms with Gasteiger partial charge in [0.1, 0.15) is 0 Å². The normalized spacial score (nSPS) is 10.7. The van der Waals surface area contributed by atoms with Crippen molar-refractivity contribution in [2.75, 3.05) is 0 Å². The van der Waals surface area contributed by atoms with Gasteiger partial charge in [-0.3, -0.25) is 4.79 Å². The molecule has 1 heterocycles. The highest BCUT2D eigenvalue weighted by molar-refractivity contribution is 9.10. The van der Waals surface area contributed by atoms with Gasteiger partial charge in [0.15, 0.2) is 6.29 Å². The summed E-state index contributed by atoms with van der Waals surface area (Å²) in [6.45, 7) is 0.0167. The van der Waals surface area contributed by atoms with E-state index in [1.807, 2.05) is 17.5 Å². The molecule has 2 aromatic rings. The third-order valence-electron chi connectivity index (χ3n) is 2.02. The van der Waals surface area contributed by atoms with Crippen molar-refractivity contribution in [3.05, 3.63) is 33.1 Å². The van der Waals surface area contributed by atoms with Crippen LogP contribution in [0.15, 0.2) is 22.0 Å². The van der Waals surface area contributed by atoms with E-state index in [0.29, 0.717) is 5.56 Å². The number of benzene rings is 1. The Morgan fingerprint density at radius 3 is 2.93 bits per heavy atom. The Bertz CT molecular complexity index is 490. The number of halogens is 1. The number of rotatable bonds is 2. The van der Waals surface area contributed by atoms with Crippen molar-refractivity contribution < 1.29 is 9.90 Å². The second kappa shape index (κ2) is 3.81. The summed E-state index contributed by atoms with van der Waals surface area (Å²) in [6.07, 6.45) is 0.849. The number of aliphatic hydroxyl groups is 1. The van der Waals surface area contributed by atoms with Crippen LogP contribution in [0.4, 0.5) is 0 Å². The lowest BCUT2D eigenvalue weighted by Gasteiger charge is -2.00. The number of carbonyl (C=O) groups excluding carboxylic acids is 1. The van der Waals surface area contributed by atoms with Gasteiger partial charge in [0.25, 0.3) is 0 Å². The van der Waals surface area contributed by atoms with Gasteiger partial charge in [0.05, 0.1) is 6.61 Å². The second-order valence-corrected chi connectivity index (χ2v) is 4.68. The number of thiophene rings is 1. The van der Waals surface area contributed by atoms with Gasteiger partial charge < -0.3 is 5.11 Å². The van der Waals surface area contributed by atoms with Crippen LogP contribution in [-0.2, 0) is 6.61 Å². The molecular formula is C10H7BrO2S. The largest absolute Gasteiger partial charge is 0.392 e. The summed E-state index contributed by atoms with van der Waals surface area (Å²) in [4.78, 5) is 10.7. The first-order valence-electron chi connectivity index (χ1n) is 4.02. The minimum absolute atomic E-state index is 0.0167. The number of carbonyl (C=O) groups is 1. The first-order valence-corrected chi connectivity index (χ1v) is 5.69. The number of hydrogen-bond acceptors (Lipinski definition) is 3. The van der Waals surface area contributed by atoms with Gasteiger partial charge in [-0.25, -0.2) is 0 Å². The average molecular weight is 271 g/mol. The fourth-order valence-corrected chi connectivity index (χ4v) is 3.23. The molecule has 4 heteroatoms. The molecule has 0 saturated carbocycles. The van der Waals surface area contributed by atoms with Crippen LogP contribution >= 0.6 is 27.3 Å². The predicted octanol–water partition coefficient (Wildman–Crippen LogP) is 2.97. The SMILES string of the molecule is O=Cc1csc2cc(CO)cc(Br)c12. The summed E-state index contributed by atoms with van der Waals surface area (Å²) < 4.78 is 1.88. The van der Waals surface area contributed by atoms with Gasteiger partial charge in [-0.05, 0) is 17.7 Å².